The molecule has 2 aliphatic heterocycles. The highest BCUT2D eigenvalue weighted by atomic mass is 32.2. The molecule has 1 atom stereocenters. The van der Waals surface area contributed by atoms with Gasteiger partial charge in [-0.2, -0.15) is 26.3 Å². The normalized spacial score (nSPS) is 18.3. The van der Waals surface area contributed by atoms with Crippen LogP contribution in [0.15, 0.2) is 54.9 Å². The van der Waals surface area contributed by atoms with Crippen LogP contribution in [0.3, 0.4) is 0 Å². The molecule has 15 heteroatoms. The van der Waals surface area contributed by atoms with Crippen molar-refractivity contribution in [3.05, 3.63) is 66.1 Å². The average molecular weight is 594 g/mol. The molecule has 3 aromatic rings. The molecule has 0 radical (unpaired) electrons. The lowest BCUT2D eigenvalue weighted by Gasteiger charge is -2.47. The fourth-order valence-corrected chi connectivity index (χ4v) is 5.83. The summed E-state index contributed by atoms with van der Waals surface area (Å²) in [5.41, 5.74) is 3.67. The highest BCUT2D eigenvalue weighted by Crippen LogP contribution is 2.46. The van der Waals surface area contributed by atoms with E-state index in [1.807, 2.05) is 30.6 Å². The number of alkyl halides is 6. The van der Waals surface area contributed by atoms with Crippen LogP contribution in [0.1, 0.15) is 17.7 Å². The first-order chi connectivity index (χ1) is 18.7. The van der Waals surface area contributed by atoms with Crippen molar-refractivity contribution in [2.75, 3.05) is 18.8 Å². The summed E-state index contributed by atoms with van der Waals surface area (Å²) in [6.07, 6.45) is -4.78. The molecular formula is C25H25F6N3O5S. The quantitative estimate of drug-likeness (QED) is 0.350. The molecule has 1 aromatic carbocycles. The Morgan fingerprint density at radius 2 is 1.68 bits per heavy atom. The van der Waals surface area contributed by atoms with Crippen molar-refractivity contribution in [1.82, 2.24) is 14.9 Å². The number of ether oxygens (including phenoxy) is 1. The van der Waals surface area contributed by atoms with Gasteiger partial charge in [-0.05, 0) is 36.2 Å². The van der Waals surface area contributed by atoms with Crippen LogP contribution in [0.2, 0.25) is 0 Å². The monoisotopic (exact) mass is 593 g/mol. The molecular weight excluding hydrogens is 568 g/mol. The van der Waals surface area contributed by atoms with E-state index in [1.165, 1.54) is 29.6 Å². The number of H-pyrrole nitrogens is 1. The van der Waals surface area contributed by atoms with E-state index in [2.05, 4.69) is 50.9 Å². The zero-order chi connectivity index (χ0) is 29.6. The molecule has 2 aromatic heterocycles. The highest BCUT2D eigenvalue weighted by molar-refractivity contribution is 8.01. The summed E-state index contributed by atoms with van der Waals surface area (Å²) in [7, 11) is 0. The Bertz CT molecular complexity index is 1260. The number of aromatic nitrogens is 2. The molecule has 0 saturated carbocycles. The van der Waals surface area contributed by atoms with Crippen molar-refractivity contribution in [2.24, 2.45) is 0 Å². The van der Waals surface area contributed by atoms with Gasteiger partial charge in [0, 0.05) is 53.4 Å². The first-order valence-electron chi connectivity index (χ1n) is 11.7. The molecule has 0 aliphatic carbocycles. The second-order valence-corrected chi connectivity index (χ2v) is 10.5. The molecule has 0 amide bonds. The highest BCUT2D eigenvalue weighted by Gasteiger charge is 2.49. The third-order valence-electron chi connectivity index (χ3n) is 5.96. The molecule has 3 N–H and O–H groups in total. The van der Waals surface area contributed by atoms with Gasteiger partial charge in [-0.15, -0.1) is 11.8 Å². The van der Waals surface area contributed by atoms with Gasteiger partial charge in [-0.3, -0.25) is 9.88 Å². The summed E-state index contributed by atoms with van der Waals surface area (Å²) >= 11 is 2.10. The fraction of sp³-hybridized carbons (Fsp3) is 0.400. The number of hydrogen-bond acceptors (Lipinski definition) is 6. The van der Waals surface area contributed by atoms with Gasteiger partial charge in [0.05, 0.1) is 18.4 Å². The molecule has 2 fully saturated rings. The Hall–Kier alpha value is -3.30. The number of halogens is 6. The number of aromatic amines is 1. The maximum atomic E-state index is 10.6. The van der Waals surface area contributed by atoms with Gasteiger partial charge >= 0.3 is 24.3 Å². The van der Waals surface area contributed by atoms with Crippen molar-refractivity contribution >= 4 is 34.6 Å². The minimum Gasteiger partial charge on any atom is -0.475 e. The fourth-order valence-electron chi connectivity index (χ4n) is 4.23. The zero-order valence-corrected chi connectivity index (χ0v) is 21.5. The van der Waals surface area contributed by atoms with Gasteiger partial charge in [0.2, 0.25) is 0 Å². The number of carboxylic acids is 2. The molecule has 0 bridgehead atoms. The minimum atomic E-state index is -5.08. The van der Waals surface area contributed by atoms with E-state index in [0.717, 1.165) is 24.4 Å². The van der Waals surface area contributed by atoms with Gasteiger partial charge in [0.1, 0.15) is 0 Å². The Morgan fingerprint density at radius 1 is 1.02 bits per heavy atom. The van der Waals surface area contributed by atoms with E-state index in [9.17, 15) is 26.3 Å². The third-order valence-corrected chi connectivity index (χ3v) is 7.53. The van der Waals surface area contributed by atoms with E-state index in [4.69, 9.17) is 24.5 Å². The summed E-state index contributed by atoms with van der Waals surface area (Å²) in [5.74, 6) is -4.41. The summed E-state index contributed by atoms with van der Waals surface area (Å²) in [6, 6.07) is 14.7. The lowest BCUT2D eigenvalue weighted by Crippen LogP contribution is -2.58. The number of carbonyl (C=O) groups is 2. The third kappa shape index (κ3) is 8.86. The van der Waals surface area contributed by atoms with Crippen LogP contribution in [-0.2, 0) is 27.5 Å². The van der Waals surface area contributed by atoms with E-state index >= 15 is 0 Å². The predicted octanol–water partition coefficient (Wildman–Crippen LogP) is 5.11. The largest absolute Gasteiger partial charge is 0.490 e. The second kappa shape index (κ2) is 12.9. The van der Waals surface area contributed by atoms with Crippen LogP contribution in [-0.4, -0.2) is 79.1 Å². The van der Waals surface area contributed by atoms with E-state index in [-0.39, 0.29) is 0 Å². The maximum Gasteiger partial charge on any atom is 0.490 e. The average Bonchev–Trinajstić information content (AvgIpc) is 3.51. The van der Waals surface area contributed by atoms with E-state index < -0.39 is 24.3 Å². The van der Waals surface area contributed by atoms with E-state index in [1.54, 1.807) is 0 Å². The van der Waals surface area contributed by atoms with E-state index in [0.29, 0.717) is 17.5 Å². The molecule has 40 heavy (non-hydrogen) atoms. The second-order valence-electron chi connectivity index (χ2n) is 9.06. The molecule has 5 rings (SSSR count). The van der Waals surface area contributed by atoms with Crippen LogP contribution in [0.5, 0.6) is 0 Å². The van der Waals surface area contributed by atoms with Crippen LogP contribution in [0.25, 0.3) is 10.9 Å². The van der Waals surface area contributed by atoms with Crippen LogP contribution >= 0.6 is 11.8 Å². The van der Waals surface area contributed by atoms with Gasteiger partial charge < -0.3 is 19.9 Å². The van der Waals surface area contributed by atoms with Crippen molar-refractivity contribution in [2.45, 2.75) is 42.8 Å². The van der Waals surface area contributed by atoms with Gasteiger partial charge in [0.25, 0.3) is 0 Å². The number of pyridine rings is 1. The number of nitrogens with zero attached hydrogens (tertiary/aromatic N) is 2. The zero-order valence-electron chi connectivity index (χ0n) is 20.7. The molecule has 218 valence electrons. The number of likely N-dealkylation sites (tertiary alicyclic amines) is 1. The molecule has 1 spiro atoms. The Kier molecular flexibility index (Phi) is 10.1. The summed E-state index contributed by atoms with van der Waals surface area (Å²) in [6.45, 7) is 4.00. The minimum absolute atomic E-state index is 0.359. The number of aliphatic carboxylic acids is 2. The first kappa shape index (κ1) is 31.2. The maximum absolute atomic E-state index is 10.6. The Labute approximate surface area is 228 Å². The Morgan fingerprint density at radius 3 is 2.25 bits per heavy atom. The smallest absolute Gasteiger partial charge is 0.475 e. The Balaban J connectivity index is 0.000000263. The molecule has 2 aliphatic rings. The van der Waals surface area contributed by atoms with Crippen LogP contribution < -0.4 is 0 Å². The lowest BCUT2D eigenvalue weighted by atomic mass is 9.92. The van der Waals surface area contributed by atoms with Crippen molar-refractivity contribution in [1.29, 1.82) is 0 Å². The number of hydrogen-bond donors (Lipinski definition) is 3. The van der Waals surface area contributed by atoms with Crippen molar-refractivity contribution in [3.63, 3.8) is 0 Å². The number of rotatable bonds is 5. The number of carboxylic acid groups (broad SMARTS) is 2. The SMILES string of the molecule is O=C(O)C(F)(F)F.O=C(O)C(F)(F)F.c1ccc(COC2CSC3(C2)CN(Cc2cccc4[nH]ccc24)C3)nc1. The number of fused-ring (bicyclic) bond motifs is 1. The number of benzene rings is 1. The standard InChI is InChI=1S/C21H23N3OS.2C2HF3O2/c1-2-8-22-17(5-1)12-25-18-10-21(26-13-18)14-24(15-21)11-16-4-3-6-20-19(16)7-9-23-20;2*3-2(4,5)1(6)7/h1-9,18,23H,10-15H2;2*(H,6,7). The summed E-state index contributed by atoms with van der Waals surface area (Å²) in [5, 5.41) is 15.6. The van der Waals surface area contributed by atoms with Crippen LogP contribution in [0.4, 0.5) is 26.3 Å². The molecule has 1 unspecified atom stereocenters. The van der Waals surface area contributed by atoms with Gasteiger partial charge in [0.15, 0.2) is 0 Å². The lowest BCUT2D eigenvalue weighted by molar-refractivity contribution is -0.193. The van der Waals surface area contributed by atoms with Gasteiger partial charge in [-0.25, -0.2) is 9.59 Å². The van der Waals surface area contributed by atoms with Crippen LogP contribution in [0, 0.1) is 0 Å². The molecule has 8 nitrogen and oxygen atoms in total. The summed E-state index contributed by atoms with van der Waals surface area (Å²) < 4.78 is 70.0. The topological polar surface area (TPSA) is 116 Å². The summed E-state index contributed by atoms with van der Waals surface area (Å²) in [4.78, 5) is 28.0. The molecule has 4 heterocycles. The van der Waals surface area contributed by atoms with Crippen molar-refractivity contribution < 1.29 is 50.9 Å². The van der Waals surface area contributed by atoms with Crippen molar-refractivity contribution in [3.8, 4) is 0 Å². The predicted molar refractivity (Wildman–Crippen MR) is 134 cm³/mol. The first-order valence-corrected chi connectivity index (χ1v) is 12.7. The molecule has 2 saturated heterocycles. The van der Waals surface area contributed by atoms with Gasteiger partial charge in [-0.1, -0.05) is 18.2 Å². The number of thioether (sulfide) groups is 1. The number of nitrogens with one attached hydrogen (secondary N) is 1.